The molecule has 0 aliphatic rings. The van der Waals surface area contributed by atoms with Crippen LogP contribution in [-0.4, -0.2) is 18.6 Å². The van der Waals surface area contributed by atoms with Crippen LogP contribution in [0.3, 0.4) is 0 Å². The number of hydrogen-bond acceptors (Lipinski definition) is 4. The minimum absolute atomic E-state index is 0. The van der Waals surface area contributed by atoms with Crippen LogP contribution in [0.15, 0.2) is 24.3 Å². The number of esters is 1. The normalized spacial score (nSPS) is 12.8. The molecule has 0 aliphatic carbocycles. The van der Waals surface area contributed by atoms with Crippen molar-refractivity contribution < 1.29 is 9.53 Å². The third kappa shape index (κ3) is 4.06. The van der Waals surface area contributed by atoms with Crippen LogP contribution < -0.4 is 5.73 Å². The highest BCUT2D eigenvalue weighted by Crippen LogP contribution is 2.13. The SMILES string of the molecule is COC(=O)[C@@](C)(N)Cc1cccc(C#N)c1.Cl. The average molecular weight is 255 g/mol. The Balaban J connectivity index is 0.00000256. The first-order chi connectivity index (χ1) is 7.49. The molecule has 0 aromatic heterocycles. The van der Waals surface area contributed by atoms with Gasteiger partial charge in [-0.2, -0.15) is 5.26 Å². The molecule has 1 aromatic carbocycles. The molecule has 0 unspecified atom stereocenters. The van der Waals surface area contributed by atoms with E-state index in [0.717, 1.165) is 5.56 Å². The van der Waals surface area contributed by atoms with Gasteiger partial charge in [0.1, 0.15) is 5.54 Å². The lowest BCUT2D eigenvalue weighted by Crippen LogP contribution is -2.47. The Morgan fingerprint density at radius 3 is 2.76 bits per heavy atom. The summed E-state index contributed by atoms with van der Waals surface area (Å²) in [5.41, 5.74) is 6.17. The third-order valence-electron chi connectivity index (χ3n) is 2.28. The van der Waals surface area contributed by atoms with Crippen LogP contribution in [0, 0.1) is 11.3 Å². The first-order valence-corrected chi connectivity index (χ1v) is 4.86. The second-order valence-corrected chi connectivity index (χ2v) is 3.90. The molecule has 0 radical (unpaired) electrons. The van der Waals surface area contributed by atoms with Crippen molar-refractivity contribution in [3.05, 3.63) is 35.4 Å². The molecule has 0 spiro atoms. The van der Waals surface area contributed by atoms with E-state index in [1.165, 1.54) is 7.11 Å². The average Bonchev–Trinajstić information content (AvgIpc) is 2.27. The van der Waals surface area contributed by atoms with Gasteiger partial charge in [-0.3, -0.25) is 4.79 Å². The van der Waals surface area contributed by atoms with Gasteiger partial charge in [0, 0.05) is 6.42 Å². The maximum Gasteiger partial charge on any atom is 0.325 e. The maximum absolute atomic E-state index is 11.4. The lowest BCUT2D eigenvalue weighted by atomic mass is 9.93. The molecule has 0 amide bonds. The topological polar surface area (TPSA) is 76.1 Å². The van der Waals surface area contributed by atoms with Crippen molar-refractivity contribution in [1.82, 2.24) is 0 Å². The number of methoxy groups -OCH3 is 1. The Kier molecular flexibility index (Phi) is 5.66. The van der Waals surface area contributed by atoms with E-state index in [1.54, 1.807) is 25.1 Å². The molecular formula is C12H15ClN2O2. The predicted molar refractivity (Wildman–Crippen MR) is 66.7 cm³/mol. The molecule has 1 rings (SSSR count). The summed E-state index contributed by atoms with van der Waals surface area (Å²) in [7, 11) is 1.30. The van der Waals surface area contributed by atoms with Gasteiger partial charge in [0.2, 0.25) is 0 Å². The Hall–Kier alpha value is -1.57. The van der Waals surface area contributed by atoms with E-state index in [2.05, 4.69) is 4.74 Å². The van der Waals surface area contributed by atoms with Crippen molar-refractivity contribution >= 4 is 18.4 Å². The molecule has 5 heteroatoms. The molecule has 92 valence electrons. The van der Waals surface area contributed by atoms with E-state index in [-0.39, 0.29) is 12.4 Å². The maximum atomic E-state index is 11.4. The second-order valence-electron chi connectivity index (χ2n) is 3.90. The van der Waals surface area contributed by atoms with Gasteiger partial charge in [-0.05, 0) is 24.6 Å². The number of nitriles is 1. The summed E-state index contributed by atoms with van der Waals surface area (Å²) >= 11 is 0. The lowest BCUT2D eigenvalue weighted by molar-refractivity contribution is -0.146. The quantitative estimate of drug-likeness (QED) is 0.828. The van der Waals surface area contributed by atoms with Crippen LogP contribution in [0.5, 0.6) is 0 Å². The van der Waals surface area contributed by atoms with Crippen LogP contribution in [-0.2, 0) is 16.0 Å². The van der Waals surface area contributed by atoms with Gasteiger partial charge < -0.3 is 10.5 Å². The summed E-state index contributed by atoms with van der Waals surface area (Å²) in [6, 6.07) is 9.05. The molecule has 2 N–H and O–H groups in total. The first kappa shape index (κ1) is 15.4. The van der Waals surface area contributed by atoms with Crippen LogP contribution in [0.4, 0.5) is 0 Å². The van der Waals surface area contributed by atoms with E-state index in [0.29, 0.717) is 12.0 Å². The zero-order chi connectivity index (χ0) is 12.2. The van der Waals surface area contributed by atoms with Gasteiger partial charge >= 0.3 is 5.97 Å². The highest BCUT2D eigenvalue weighted by Gasteiger charge is 2.29. The Morgan fingerprint density at radius 1 is 1.59 bits per heavy atom. The number of hydrogen-bond donors (Lipinski definition) is 1. The summed E-state index contributed by atoms with van der Waals surface area (Å²) in [6.45, 7) is 1.61. The molecule has 0 aliphatic heterocycles. The minimum Gasteiger partial charge on any atom is -0.468 e. The number of carbonyl (C=O) groups is 1. The van der Waals surface area contributed by atoms with Gasteiger partial charge in [0.05, 0.1) is 18.7 Å². The number of ether oxygens (including phenoxy) is 1. The lowest BCUT2D eigenvalue weighted by Gasteiger charge is -2.21. The van der Waals surface area contributed by atoms with Crippen molar-refractivity contribution in [2.75, 3.05) is 7.11 Å². The van der Waals surface area contributed by atoms with E-state index >= 15 is 0 Å². The van der Waals surface area contributed by atoms with Crippen molar-refractivity contribution in [3.63, 3.8) is 0 Å². The number of halogens is 1. The Bertz CT molecular complexity index is 438. The summed E-state index contributed by atoms with van der Waals surface area (Å²) in [4.78, 5) is 11.4. The number of nitrogens with zero attached hydrogens (tertiary/aromatic N) is 1. The van der Waals surface area contributed by atoms with E-state index < -0.39 is 11.5 Å². The van der Waals surface area contributed by atoms with Gasteiger partial charge in [-0.1, -0.05) is 12.1 Å². The Morgan fingerprint density at radius 2 is 2.24 bits per heavy atom. The van der Waals surface area contributed by atoms with Crippen LogP contribution in [0.25, 0.3) is 0 Å². The van der Waals surface area contributed by atoms with Crippen molar-refractivity contribution in [3.8, 4) is 6.07 Å². The molecule has 0 saturated heterocycles. The summed E-state index contributed by atoms with van der Waals surface area (Å²) < 4.78 is 4.61. The minimum atomic E-state index is -1.07. The zero-order valence-corrected chi connectivity index (χ0v) is 10.6. The fourth-order valence-corrected chi connectivity index (χ4v) is 1.48. The zero-order valence-electron chi connectivity index (χ0n) is 9.77. The fraction of sp³-hybridized carbons (Fsp3) is 0.333. The van der Waals surface area contributed by atoms with Crippen molar-refractivity contribution in [2.45, 2.75) is 18.9 Å². The summed E-state index contributed by atoms with van der Waals surface area (Å²) in [5.74, 6) is -0.463. The fourth-order valence-electron chi connectivity index (χ4n) is 1.48. The van der Waals surface area contributed by atoms with Crippen molar-refractivity contribution in [1.29, 1.82) is 5.26 Å². The van der Waals surface area contributed by atoms with Gasteiger partial charge in [-0.25, -0.2) is 0 Å². The monoisotopic (exact) mass is 254 g/mol. The number of carbonyl (C=O) groups excluding carboxylic acids is 1. The van der Waals surface area contributed by atoms with Gasteiger partial charge in [-0.15, -0.1) is 12.4 Å². The number of benzene rings is 1. The third-order valence-corrected chi connectivity index (χ3v) is 2.28. The van der Waals surface area contributed by atoms with Gasteiger partial charge in [0.15, 0.2) is 0 Å². The first-order valence-electron chi connectivity index (χ1n) is 4.86. The van der Waals surface area contributed by atoms with Crippen molar-refractivity contribution in [2.24, 2.45) is 5.73 Å². The second kappa shape index (κ2) is 6.24. The highest BCUT2D eigenvalue weighted by atomic mass is 35.5. The number of nitrogens with two attached hydrogens (primary N) is 1. The molecule has 4 nitrogen and oxygen atoms in total. The summed E-state index contributed by atoms with van der Waals surface area (Å²) in [5, 5.41) is 8.74. The van der Waals surface area contributed by atoms with Gasteiger partial charge in [0.25, 0.3) is 0 Å². The summed E-state index contributed by atoms with van der Waals surface area (Å²) in [6.07, 6.45) is 0.342. The number of rotatable bonds is 3. The van der Waals surface area contributed by atoms with E-state index in [9.17, 15) is 4.79 Å². The van der Waals surface area contributed by atoms with Crippen LogP contribution in [0.2, 0.25) is 0 Å². The highest BCUT2D eigenvalue weighted by molar-refractivity contribution is 5.85. The molecule has 0 fully saturated rings. The largest absolute Gasteiger partial charge is 0.468 e. The molecule has 0 heterocycles. The molecule has 0 bridgehead atoms. The van der Waals surface area contributed by atoms with Crippen LogP contribution >= 0.6 is 12.4 Å². The van der Waals surface area contributed by atoms with E-state index in [1.807, 2.05) is 12.1 Å². The van der Waals surface area contributed by atoms with Crippen LogP contribution in [0.1, 0.15) is 18.1 Å². The Labute approximate surface area is 107 Å². The standard InChI is InChI=1S/C12H14N2O2.ClH/c1-12(14,11(15)16-2)7-9-4-3-5-10(6-9)8-13;/h3-6H,7,14H2,1-2H3;1H/t12-;/m0./s1. The smallest absolute Gasteiger partial charge is 0.325 e. The molecule has 1 atom stereocenters. The van der Waals surface area contributed by atoms with E-state index in [4.69, 9.17) is 11.0 Å². The predicted octanol–water partition coefficient (Wildman–Crippen LogP) is 1.41. The molecule has 17 heavy (non-hydrogen) atoms. The molecule has 1 aromatic rings. The molecule has 0 saturated carbocycles. The molecular weight excluding hydrogens is 240 g/mol.